The van der Waals surface area contributed by atoms with E-state index < -0.39 is 0 Å². The molecule has 0 aliphatic heterocycles. The second-order valence-electron chi connectivity index (χ2n) is 5.37. The van der Waals surface area contributed by atoms with Gasteiger partial charge in [-0.1, -0.05) is 0 Å². The van der Waals surface area contributed by atoms with Crippen LogP contribution in [-0.2, 0) is 4.79 Å². The first-order valence-electron chi connectivity index (χ1n) is 5.84. The third kappa shape index (κ3) is 1.09. The summed E-state index contributed by atoms with van der Waals surface area (Å²) in [5.74, 6) is 4.46. The molecule has 0 saturated heterocycles. The Labute approximate surface area is 79.9 Å². The molecule has 1 heteroatoms. The van der Waals surface area contributed by atoms with Gasteiger partial charge in [0, 0.05) is 5.92 Å². The lowest BCUT2D eigenvalue weighted by Gasteiger charge is -2.37. The van der Waals surface area contributed by atoms with Crippen LogP contribution in [0.4, 0.5) is 0 Å². The minimum Gasteiger partial charge on any atom is -0.303 e. The second kappa shape index (κ2) is 2.83. The molecule has 13 heavy (non-hydrogen) atoms. The minimum atomic E-state index is 0.417. The van der Waals surface area contributed by atoms with E-state index >= 15 is 0 Å². The van der Waals surface area contributed by atoms with Crippen LogP contribution in [0.2, 0.25) is 0 Å². The molecule has 2 bridgehead atoms. The molecule has 0 N–H and O–H groups in total. The number of hydrogen-bond acceptors (Lipinski definition) is 1. The summed E-state index contributed by atoms with van der Waals surface area (Å²) < 4.78 is 0. The SMILES string of the molecule is O=CC1CCC2C3CCC(C3)C2C1. The van der Waals surface area contributed by atoms with Crippen molar-refractivity contribution in [2.75, 3.05) is 0 Å². The van der Waals surface area contributed by atoms with Gasteiger partial charge in [-0.3, -0.25) is 0 Å². The van der Waals surface area contributed by atoms with Crippen LogP contribution in [0.1, 0.15) is 38.5 Å². The van der Waals surface area contributed by atoms with E-state index in [1.807, 2.05) is 0 Å². The molecule has 3 fully saturated rings. The van der Waals surface area contributed by atoms with Crippen LogP contribution in [0, 0.1) is 29.6 Å². The van der Waals surface area contributed by atoms with E-state index in [1.54, 1.807) is 0 Å². The summed E-state index contributed by atoms with van der Waals surface area (Å²) in [6.07, 6.45) is 9.45. The Balaban J connectivity index is 1.77. The van der Waals surface area contributed by atoms with Crippen molar-refractivity contribution < 1.29 is 4.79 Å². The van der Waals surface area contributed by atoms with E-state index in [0.717, 1.165) is 23.7 Å². The quantitative estimate of drug-likeness (QED) is 0.564. The van der Waals surface area contributed by atoms with Gasteiger partial charge in [-0.2, -0.15) is 0 Å². The molecule has 72 valence electrons. The lowest BCUT2D eigenvalue weighted by Crippen LogP contribution is -2.30. The maximum Gasteiger partial charge on any atom is 0.123 e. The summed E-state index contributed by atoms with van der Waals surface area (Å²) in [7, 11) is 0. The van der Waals surface area contributed by atoms with E-state index in [0.29, 0.717) is 5.92 Å². The van der Waals surface area contributed by atoms with Crippen LogP contribution in [0.25, 0.3) is 0 Å². The van der Waals surface area contributed by atoms with Crippen molar-refractivity contribution >= 4 is 6.29 Å². The maximum absolute atomic E-state index is 10.8. The van der Waals surface area contributed by atoms with Crippen molar-refractivity contribution in [2.24, 2.45) is 29.6 Å². The highest BCUT2D eigenvalue weighted by Crippen LogP contribution is 2.57. The summed E-state index contributed by atoms with van der Waals surface area (Å²) in [5.41, 5.74) is 0. The molecule has 0 amide bonds. The van der Waals surface area contributed by atoms with E-state index in [1.165, 1.54) is 44.8 Å². The summed E-state index contributed by atoms with van der Waals surface area (Å²) in [6.45, 7) is 0. The van der Waals surface area contributed by atoms with Gasteiger partial charge in [-0.05, 0) is 62.2 Å². The number of rotatable bonds is 1. The monoisotopic (exact) mass is 178 g/mol. The van der Waals surface area contributed by atoms with Gasteiger partial charge in [-0.25, -0.2) is 0 Å². The van der Waals surface area contributed by atoms with Crippen molar-refractivity contribution in [2.45, 2.75) is 38.5 Å². The fraction of sp³-hybridized carbons (Fsp3) is 0.917. The normalized spacial score (nSPS) is 53.4. The van der Waals surface area contributed by atoms with Crippen LogP contribution in [-0.4, -0.2) is 6.29 Å². The Bertz CT molecular complexity index is 223. The van der Waals surface area contributed by atoms with E-state index in [4.69, 9.17) is 0 Å². The molecule has 3 aliphatic rings. The van der Waals surface area contributed by atoms with Gasteiger partial charge in [-0.15, -0.1) is 0 Å². The Morgan fingerprint density at radius 2 is 1.62 bits per heavy atom. The van der Waals surface area contributed by atoms with Gasteiger partial charge in [0.15, 0.2) is 0 Å². The van der Waals surface area contributed by atoms with E-state index in [-0.39, 0.29) is 0 Å². The number of carbonyl (C=O) groups excluding carboxylic acids is 1. The lowest BCUT2D eigenvalue weighted by molar-refractivity contribution is -0.113. The Kier molecular flexibility index (Phi) is 1.75. The first kappa shape index (κ1) is 8.02. The molecule has 0 spiro atoms. The zero-order valence-electron chi connectivity index (χ0n) is 8.11. The molecule has 5 unspecified atom stereocenters. The van der Waals surface area contributed by atoms with Gasteiger partial charge < -0.3 is 4.79 Å². The average Bonchev–Trinajstić information content (AvgIpc) is 2.77. The molecule has 3 rings (SSSR count). The van der Waals surface area contributed by atoms with Crippen molar-refractivity contribution in [1.29, 1.82) is 0 Å². The van der Waals surface area contributed by atoms with Crippen LogP contribution in [0.5, 0.6) is 0 Å². The Hall–Kier alpha value is -0.330. The summed E-state index contributed by atoms with van der Waals surface area (Å²) in [4.78, 5) is 10.8. The molecule has 3 aliphatic carbocycles. The van der Waals surface area contributed by atoms with Gasteiger partial charge in [0.05, 0.1) is 0 Å². The molecule has 5 atom stereocenters. The van der Waals surface area contributed by atoms with E-state index in [2.05, 4.69) is 0 Å². The Morgan fingerprint density at radius 3 is 2.38 bits per heavy atom. The van der Waals surface area contributed by atoms with Crippen LogP contribution in [0.15, 0.2) is 0 Å². The molecule has 1 nitrogen and oxygen atoms in total. The fourth-order valence-electron chi connectivity index (χ4n) is 4.34. The standard InChI is InChI=1S/C12H18O/c13-7-8-1-4-11-9-2-3-10(6-9)12(11)5-8/h7-12H,1-6H2. The zero-order chi connectivity index (χ0) is 8.84. The van der Waals surface area contributed by atoms with Crippen molar-refractivity contribution in [1.82, 2.24) is 0 Å². The first-order chi connectivity index (χ1) is 6.38. The first-order valence-corrected chi connectivity index (χ1v) is 5.84. The molecule has 3 saturated carbocycles. The van der Waals surface area contributed by atoms with Crippen LogP contribution in [0.3, 0.4) is 0 Å². The maximum atomic E-state index is 10.8. The number of hydrogen-bond donors (Lipinski definition) is 0. The van der Waals surface area contributed by atoms with Gasteiger partial charge in [0.1, 0.15) is 6.29 Å². The van der Waals surface area contributed by atoms with Gasteiger partial charge >= 0.3 is 0 Å². The fourth-order valence-corrected chi connectivity index (χ4v) is 4.34. The number of aldehydes is 1. The average molecular weight is 178 g/mol. The molecular weight excluding hydrogens is 160 g/mol. The Morgan fingerprint density at radius 1 is 0.846 bits per heavy atom. The largest absolute Gasteiger partial charge is 0.303 e. The molecule has 0 aromatic rings. The van der Waals surface area contributed by atoms with Gasteiger partial charge in [0.2, 0.25) is 0 Å². The second-order valence-corrected chi connectivity index (χ2v) is 5.37. The van der Waals surface area contributed by atoms with E-state index in [9.17, 15) is 4.79 Å². The highest BCUT2D eigenvalue weighted by molar-refractivity contribution is 5.53. The smallest absolute Gasteiger partial charge is 0.123 e. The van der Waals surface area contributed by atoms with Gasteiger partial charge in [0.25, 0.3) is 0 Å². The summed E-state index contributed by atoms with van der Waals surface area (Å²) in [5, 5.41) is 0. The topological polar surface area (TPSA) is 17.1 Å². The number of carbonyl (C=O) groups is 1. The third-order valence-electron chi connectivity index (χ3n) is 4.91. The predicted molar refractivity (Wildman–Crippen MR) is 51.2 cm³/mol. The number of fused-ring (bicyclic) bond motifs is 5. The summed E-state index contributed by atoms with van der Waals surface area (Å²) in [6, 6.07) is 0. The zero-order valence-corrected chi connectivity index (χ0v) is 8.11. The minimum absolute atomic E-state index is 0.417. The highest BCUT2D eigenvalue weighted by Gasteiger charge is 2.49. The van der Waals surface area contributed by atoms with Crippen LogP contribution >= 0.6 is 0 Å². The third-order valence-corrected chi connectivity index (χ3v) is 4.91. The van der Waals surface area contributed by atoms with Crippen molar-refractivity contribution in [3.63, 3.8) is 0 Å². The van der Waals surface area contributed by atoms with Crippen molar-refractivity contribution in [3.8, 4) is 0 Å². The molecule has 0 radical (unpaired) electrons. The summed E-state index contributed by atoms with van der Waals surface area (Å²) >= 11 is 0. The molecule has 0 aromatic heterocycles. The molecule has 0 aromatic carbocycles. The molecular formula is C12H18O. The van der Waals surface area contributed by atoms with Crippen molar-refractivity contribution in [3.05, 3.63) is 0 Å². The lowest BCUT2D eigenvalue weighted by atomic mass is 9.68. The predicted octanol–water partition coefficient (Wildman–Crippen LogP) is 2.65. The highest BCUT2D eigenvalue weighted by atomic mass is 16.1. The van der Waals surface area contributed by atoms with Crippen LogP contribution < -0.4 is 0 Å². The molecule has 0 heterocycles.